The Morgan fingerprint density at radius 1 is 0.971 bits per heavy atom. The molecule has 1 heterocycles. The second kappa shape index (κ2) is 9.48. The highest BCUT2D eigenvalue weighted by molar-refractivity contribution is 6.08. The smallest absolute Gasteiger partial charge is 0.307 e. The fourth-order valence-electron chi connectivity index (χ4n) is 3.71. The van der Waals surface area contributed by atoms with Crippen molar-refractivity contribution in [1.29, 1.82) is 0 Å². The number of hydrazone groups is 1. The zero-order valence-electron chi connectivity index (χ0n) is 18.4. The summed E-state index contributed by atoms with van der Waals surface area (Å²) < 4.78 is 11.6. The maximum Gasteiger partial charge on any atom is 0.307 e. The maximum absolute atomic E-state index is 12.6. The molecule has 0 saturated heterocycles. The van der Waals surface area contributed by atoms with Crippen molar-refractivity contribution in [3.8, 4) is 5.75 Å². The minimum atomic E-state index is -0.467. The van der Waals surface area contributed by atoms with Crippen LogP contribution in [-0.2, 0) is 6.61 Å². The average Bonchev–Trinajstić information content (AvgIpc) is 3.33. The number of nitro groups is 1. The van der Waals surface area contributed by atoms with Crippen molar-refractivity contribution in [3.05, 3.63) is 118 Å². The summed E-state index contributed by atoms with van der Waals surface area (Å²) in [7, 11) is 0. The Bertz CT molecular complexity index is 1570. The van der Waals surface area contributed by atoms with E-state index in [9.17, 15) is 14.9 Å². The predicted octanol–water partition coefficient (Wildman–Crippen LogP) is 5.84. The number of carbonyl (C=O) groups excluding carboxylic acids is 1. The van der Waals surface area contributed by atoms with Gasteiger partial charge in [-0.1, -0.05) is 42.5 Å². The molecule has 0 unspecified atom stereocenters. The molecular weight excluding hydrogens is 446 g/mol. The molecule has 0 saturated carbocycles. The quantitative estimate of drug-likeness (QED) is 0.185. The van der Waals surface area contributed by atoms with Gasteiger partial charge in [-0.2, -0.15) is 5.10 Å². The van der Waals surface area contributed by atoms with Crippen molar-refractivity contribution in [1.82, 2.24) is 5.43 Å². The Kier molecular flexibility index (Phi) is 5.92. The highest BCUT2D eigenvalue weighted by atomic mass is 16.6. The molecule has 0 aliphatic heterocycles. The number of non-ortho nitro benzene ring substituents is 1. The molecular formula is C27H19N3O5. The molecule has 0 atom stereocenters. The normalized spacial score (nSPS) is 11.2. The van der Waals surface area contributed by atoms with Gasteiger partial charge in [0.25, 0.3) is 5.69 Å². The first-order valence-electron chi connectivity index (χ1n) is 10.8. The lowest BCUT2D eigenvalue weighted by Gasteiger charge is -2.09. The lowest BCUT2D eigenvalue weighted by molar-refractivity contribution is -0.384. The van der Waals surface area contributed by atoms with Gasteiger partial charge in [-0.3, -0.25) is 14.9 Å². The van der Waals surface area contributed by atoms with Gasteiger partial charge in [-0.05, 0) is 52.7 Å². The van der Waals surface area contributed by atoms with E-state index in [0.29, 0.717) is 16.9 Å². The van der Waals surface area contributed by atoms with Crippen molar-refractivity contribution in [2.45, 2.75) is 6.61 Å². The first-order chi connectivity index (χ1) is 17.1. The van der Waals surface area contributed by atoms with Gasteiger partial charge in [0, 0.05) is 23.1 Å². The summed E-state index contributed by atoms with van der Waals surface area (Å²) in [5.41, 5.74) is 4.59. The topological polar surface area (TPSA) is 107 Å². The van der Waals surface area contributed by atoms with Crippen LogP contribution in [0.15, 0.2) is 101 Å². The Hall–Kier alpha value is -4.98. The van der Waals surface area contributed by atoms with E-state index >= 15 is 0 Å². The fraction of sp³-hybridized carbons (Fsp3) is 0.0370. The number of carbonyl (C=O) groups is 1. The largest absolute Gasteiger partial charge is 0.488 e. The minimum absolute atomic E-state index is 0.0228. The molecule has 0 radical (unpaired) electrons. The number of hydrogen-bond donors (Lipinski definition) is 1. The third kappa shape index (κ3) is 4.72. The molecule has 5 rings (SSSR count). The Balaban J connectivity index is 1.27. The summed E-state index contributed by atoms with van der Waals surface area (Å²) in [5, 5.41) is 17.8. The highest BCUT2D eigenvalue weighted by Crippen LogP contribution is 2.28. The molecule has 0 bridgehead atoms. The van der Waals surface area contributed by atoms with Crippen LogP contribution in [0.2, 0.25) is 0 Å². The fourth-order valence-corrected chi connectivity index (χ4v) is 3.71. The van der Waals surface area contributed by atoms with Gasteiger partial charge < -0.3 is 9.15 Å². The first-order valence-corrected chi connectivity index (χ1v) is 10.8. The van der Waals surface area contributed by atoms with Crippen molar-refractivity contribution in [2.75, 3.05) is 0 Å². The molecule has 172 valence electrons. The van der Waals surface area contributed by atoms with Crippen LogP contribution < -0.4 is 10.2 Å². The second-order valence-electron chi connectivity index (χ2n) is 7.76. The van der Waals surface area contributed by atoms with E-state index in [-0.39, 0.29) is 18.1 Å². The number of amides is 1. The molecule has 0 fully saturated rings. The molecule has 0 spiro atoms. The van der Waals surface area contributed by atoms with E-state index in [2.05, 4.69) is 10.5 Å². The van der Waals surface area contributed by atoms with Crippen molar-refractivity contribution in [2.24, 2.45) is 5.10 Å². The third-order valence-corrected chi connectivity index (χ3v) is 5.48. The lowest BCUT2D eigenvalue weighted by Crippen LogP contribution is -2.16. The van der Waals surface area contributed by atoms with Crippen LogP contribution in [0.5, 0.6) is 5.75 Å². The van der Waals surface area contributed by atoms with E-state index in [1.807, 2.05) is 48.5 Å². The number of nitrogens with one attached hydrogen (secondary N) is 1. The maximum atomic E-state index is 12.6. The molecule has 8 nitrogen and oxygen atoms in total. The number of furan rings is 1. The van der Waals surface area contributed by atoms with Gasteiger partial charge in [0.15, 0.2) is 5.76 Å². The number of hydrogen-bond acceptors (Lipinski definition) is 6. The van der Waals surface area contributed by atoms with Gasteiger partial charge in [0.05, 0.1) is 11.1 Å². The van der Waals surface area contributed by atoms with E-state index in [4.69, 9.17) is 9.15 Å². The summed E-state index contributed by atoms with van der Waals surface area (Å²) in [5.74, 6) is 0.251. The molecule has 0 aliphatic carbocycles. The number of fused-ring (bicyclic) bond motifs is 3. The molecule has 8 heteroatoms. The summed E-state index contributed by atoms with van der Waals surface area (Å²) in [6.45, 7) is 0.224. The number of rotatable bonds is 7. The van der Waals surface area contributed by atoms with Crippen LogP contribution in [0.1, 0.15) is 21.7 Å². The summed E-state index contributed by atoms with van der Waals surface area (Å²) in [6.07, 6.45) is 1.49. The SMILES string of the molecule is O=C(N/N=C/c1ccccc1OCc1ccc([N+](=O)[O-])cc1)c1cc2c(ccc3ccccc32)o1. The molecule has 5 aromatic rings. The first kappa shape index (κ1) is 21.8. The zero-order chi connectivity index (χ0) is 24.2. The van der Waals surface area contributed by atoms with Gasteiger partial charge in [0.1, 0.15) is 17.9 Å². The van der Waals surface area contributed by atoms with E-state index in [1.165, 1.54) is 18.3 Å². The molecule has 4 aromatic carbocycles. The van der Waals surface area contributed by atoms with Crippen LogP contribution in [0.25, 0.3) is 21.7 Å². The molecule has 0 aliphatic rings. The number of nitro benzene ring substituents is 1. The monoisotopic (exact) mass is 465 g/mol. The Morgan fingerprint density at radius 2 is 1.74 bits per heavy atom. The van der Waals surface area contributed by atoms with E-state index in [1.54, 1.807) is 30.3 Å². The van der Waals surface area contributed by atoms with Crippen LogP contribution in [0.4, 0.5) is 5.69 Å². The van der Waals surface area contributed by atoms with Crippen LogP contribution >= 0.6 is 0 Å². The number of benzene rings is 4. The van der Waals surface area contributed by atoms with Crippen LogP contribution in [0.3, 0.4) is 0 Å². The average molecular weight is 465 g/mol. The molecule has 35 heavy (non-hydrogen) atoms. The standard InChI is InChI=1S/C27H19N3O5/c31-27(26-15-23-22-7-3-1-5-19(22)11-14-25(23)35-26)29-28-16-20-6-2-4-8-24(20)34-17-18-9-12-21(13-10-18)30(32)33/h1-16H,17H2,(H,29,31)/b28-16+. The van der Waals surface area contributed by atoms with Crippen LogP contribution in [0, 0.1) is 10.1 Å². The number of nitrogens with zero attached hydrogens (tertiary/aromatic N) is 2. The summed E-state index contributed by atoms with van der Waals surface area (Å²) >= 11 is 0. The van der Waals surface area contributed by atoms with E-state index in [0.717, 1.165) is 21.7 Å². The van der Waals surface area contributed by atoms with Gasteiger partial charge in [0.2, 0.25) is 0 Å². The highest BCUT2D eigenvalue weighted by Gasteiger charge is 2.13. The summed E-state index contributed by atoms with van der Waals surface area (Å²) in [4.78, 5) is 23.0. The van der Waals surface area contributed by atoms with Crippen molar-refractivity contribution >= 4 is 39.6 Å². The zero-order valence-corrected chi connectivity index (χ0v) is 18.4. The van der Waals surface area contributed by atoms with Gasteiger partial charge >= 0.3 is 5.91 Å². The van der Waals surface area contributed by atoms with Crippen molar-refractivity contribution in [3.63, 3.8) is 0 Å². The number of ether oxygens (including phenoxy) is 1. The molecule has 1 aromatic heterocycles. The molecule has 1 N–H and O–H groups in total. The van der Waals surface area contributed by atoms with Crippen LogP contribution in [-0.4, -0.2) is 17.0 Å². The lowest BCUT2D eigenvalue weighted by atomic mass is 10.1. The predicted molar refractivity (Wildman–Crippen MR) is 133 cm³/mol. The third-order valence-electron chi connectivity index (χ3n) is 5.48. The van der Waals surface area contributed by atoms with Gasteiger partial charge in [-0.15, -0.1) is 0 Å². The summed E-state index contributed by atoms with van der Waals surface area (Å²) in [6, 6.07) is 26.8. The minimum Gasteiger partial charge on any atom is -0.488 e. The molecule has 1 amide bonds. The second-order valence-corrected chi connectivity index (χ2v) is 7.76. The Morgan fingerprint density at radius 3 is 2.57 bits per heavy atom. The van der Waals surface area contributed by atoms with Crippen molar-refractivity contribution < 1.29 is 18.9 Å². The Labute approximate surface area is 199 Å². The van der Waals surface area contributed by atoms with Gasteiger partial charge in [-0.25, -0.2) is 5.43 Å². The number of para-hydroxylation sites is 1. The van der Waals surface area contributed by atoms with E-state index < -0.39 is 10.8 Å².